The lowest BCUT2D eigenvalue weighted by molar-refractivity contribution is -0.109. The maximum absolute atomic E-state index is 13.6. The fraction of sp³-hybridized carbons (Fsp3) is 0.333. The summed E-state index contributed by atoms with van der Waals surface area (Å²) >= 11 is 0. The van der Waals surface area contributed by atoms with Gasteiger partial charge in [-0.25, -0.2) is 4.39 Å². The maximum Gasteiger partial charge on any atom is 0.207 e. The Balaban J connectivity index is 2.29. The van der Waals surface area contributed by atoms with E-state index in [0.29, 0.717) is 30.6 Å². The van der Waals surface area contributed by atoms with Gasteiger partial charge in [0.05, 0.1) is 12.2 Å². The number of rotatable bonds is 5. The highest BCUT2D eigenvalue weighted by molar-refractivity contribution is 5.61. The van der Waals surface area contributed by atoms with Gasteiger partial charge in [0.25, 0.3) is 0 Å². The van der Waals surface area contributed by atoms with Gasteiger partial charge < -0.3 is 5.32 Å². The van der Waals surface area contributed by atoms with Crippen molar-refractivity contribution in [3.05, 3.63) is 40.8 Å². The van der Waals surface area contributed by atoms with Gasteiger partial charge in [-0.2, -0.15) is 5.10 Å². The molecular formula is C15H18FN3O. The Morgan fingerprint density at radius 2 is 1.90 bits per heavy atom. The molecule has 1 heterocycles. The van der Waals surface area contributed by atoms with Crippen molar-refractivity contribution in [2.45, 2.75) is 27.3 Å². The van der Waals surface area contributed by atoms with Gasteiger partial charge in [-0.3, -0.25) is 9.48 Å². The summed E-state index contributed by atoms with van der Waals surface area (Å²) in [7, 11) is 0. The molecule has 0 aliphatic heterocycles. The second-order valence-corrected chi connectivity index (χ2v) is 4.89. The molecule has 1 aromatic carbocycles. The molecule has 0 fully saturated rings. The summed E-state index contributed by atoms with van der Waals surface area (Å²) in [5.74, 6) is -0.167. The maximum atomic E-state index is 13.6. The second-order valence-electron chi connectivity index (χ2n) is 4.89. The summed E-state index contributed by atoms with van der Waals surface area (Å²) in [5, 5.41) is 7.11. The number of aromatic nitrogens is 2. The molecule has 4 nitrogen and oxygen atoms in total. The van der Waals surface area contributed by atoms with Gasteiger partial charge in [0, 0.05) is 17.8 Å². The monoisotopic (exact) mass is 275 g/mol. The van der Waals surface area contributed by atoms with Crippen LogP contribution in [0.1, 0.15) is 16.8 Å². The molecule has 0 bridgehead atoms. The highest BCUT2D eigenvalue weighted by Crippen LogP contribution is 2.24. The summed E-state index contributed by atoms with van der Waals surface area (Å²) in [6.45, 7) is 6.62. The molecule has 5 heteroatoms. The molecule has 0 aliphatic carbocycles. The van der Waals surface area contributed by atoms with E-state index in [4.69, 9.17) is 0 Å². The normalized spacial score (nSPS) is 10.6. The molecule has 0 saturated carbocycles. The van der Waals surface area contributed by atoms with Gasteiger partial charge in [-0.15, -0.1) is 0 Å². The zero-order valence-electron chi connectivity index (χ0n) is 11.9. The van der Waals surface area contributed by atoms with E-state index >= 15 is 0 Å². The van der Waals surface area contributed by atoms with E-state index in [9.17, 15) is 9.18 Å². The molecular weight excluding hydrogens is 257 g/mol. The van der Waals surface area contributed by atoms with E-state index in [1.807, 2.05) is 17.7 Å². The Kier molecular flexibility index (Phi) is 4.17. The first-order valence-corrected chi connectivity index (χ1v) is 6.51. The summed E-state index contributed by atoms with van der Waals surface area (Å²) in [4.78, 5) is 10.2. The van der Waals surface area contributed by atoms with Crippen LogP contribution in [-0.2, 0) is 11.3 Å². The molecule has 0 spiro atoms. The highest BCUT2D eigenvalue weighted by atomic mass is 19.1. The first-order chi connectivity index (χ1) is 9.52. The van der Waals surface area contributed by atoms with Crippen molar-refractivity contribution in [2.75, 3.05) is 6.54 Å². The van der Waals surface area contributed by atoms with Crippen LogP contribution < -0.4 is 5.32 Å². The predicted molar refractivity (Wildman–Crippen MR) is 75.9 cm³/mol. The number of benzene rings is 1. The smallest absolute Gasteiger partial charge is 0.207 e. The van der Waals surface area contributed by atoms with Crippen molar-refractivity contribution in [1.82, 2.24) is 15.1 Å². The molecule has 0 atom stereocenters. The largest absolute Gasteiger partial charge is 0.357 e. The number of hydrogen-bond donors (Lipinski definition) is 1. The van der Waals surface area contributed by atoms with Crippen molar-refractivity contribution in [2.24, 2.45) is 0 Å². The van der Waals surface area contributed by atoms with Gasteiger partial charge in [-0.05, 0) is 50.1 Å². The van der Waals surface area contributed by atoms with E-state index in [1.165, 1.54) is 0 Å². The Hall–Kier alpha value is -2.17. The van der Waals surface area contributed by atoms with Crippen molar-refractivity contribution in [1.29, 1.82) is 0 Å². The Labute approximate surface area is 117 Å². The molecule has 0 unspecified atom stereocenters. The first kappa shape index (κ1) is 14.2. The molecule has 1 aromatic heterocycles. The van der Waals surface area contributed by atoms with E-state index < -0.39 is 0 Å². The lowest BCUT2D eigenvalue weighted by atomic mass is 10.0. The third kappa shape index (κ3) is 2.87. The first-order valence-electron chi connectivity index (χ1n) is 6.51. The van der Waals surface area contributed by atoms with E-state index in [-0.39, 0.29) is 5.82 Å². The summed E-state index contributed by atoms with van der Waals surface area (Å²) in [6, 6.07) is 5.57. The van der Waals surface area contributed by atoms with Crippen LogP contribution in [0.25, 0.3) is 11.3 Å². The Morgan fingerprint density at radius 1 is 1.25 bits per heavy atom. The van der Waals surface area contributed by atoms with Crippen LogP contribution in [0.2, 0.25) is 0 Å². The van der Waals surface area contributed by atoms with Crippen LogP contribution >= 0.6 is 0 Å². The van der Waals surface area contributed by atoms with Gasteiger partial charge in [0.2, 0.25) is 6.41 Å². The van der Waals surface area contributed by atoms with Crippen molar-refractivity contribution in [3.63, 3.8) is 0 Å². The molecule has 0 radical (unpaired) electrons. The third-order valence-electron chi connectivity index (χ3n) is 3.26. The van der Waals surface area contributed by atoms with Crippen molar-refractivity contribution >= 4 is 6.41 Å². The van der Waals surface area contributed by atoms with Crippen molar-refractivity contribution in [3.8, 4) is 11.3 Å². The standard InChI is InChI=1S/C15H18FN3O/c1-10-6-13(7-11(2)15(10)16)14-8-12(3)19(18-14)5-4-17-9-20/h6-9H,4-5H2,1-3H3,(H,17,20). The minimum atomic E-state index is -0.167. The average molecular weight is 275 g/mol. The lowest BCUT2D eigenvalue weighted by Gasteiger charge is -2.05. The van der Waals surface area contributed by atoms with Crippen LogP contribution in [-0.4, -0.2) is 22.7 Å². The number of amides is 1. The molecule has 2 aromatic rings. The average Bonchev–Trinajstić information content (AvgIpc) is 2.77. The van der Waals surface area contributed by atoms with E-state index in [0.717, 1.165) is 17.0 Å². The zero-order chi connectivity index (χ0) is 14.7. The lowest BCUT2D eigenvalue weighted by Crippen LogP contribution is -2.19. The number of nitrogens with one attached hydrogen (secondary N) is 1. The minimum Gasteiger partial charge on any atom is -0.357 e. The van der Waals surface area contributed by atoms with Crippen LogP contribution in [0.5, 0.6) is 0 Å². The molecule has 0 aliphatic rings. The number of carbonyl (C=O) groups is 1. The fourth-order valence-corrected chi connectivity index (χ4v) is 2.20. The molecule has 106 valence electrons. The van der Waals surface area contributed by atoms with Gasteiger partial charge >= 0.3 is 0 Å². The predicted octanol–water partition coefficient (Wildman–Crippen LogP) is 2.36. The third-order valence-corrected chi connectivity index (χ3v) is 3.26. The number of aryl methyl sites for hydroxylation is 3. The number of carbonyl (C=O) groups excluding carboxylic acids is 1. The van der Waals surface area contributed by atoms with E-state index in [1.54, 1.807) is 26.0 Å². The zero-order valence-corrected chi connectivity index (χ0v) is 11.9. The minimum absolute atomic E-state index is 0.167. The second kappa shape index (κ2) is 5.86. The molecule has 20 heavy (non-hydrogen) atoms. The molecule has 0 saturated heterocycles. The number of hydrogen-bond acceptors (Lipinski definition) is 2. The summed E-state index contributed by atoms with van der Waals surface area (Å²) in [5.41, 5.74) is 3.98. The molecule has 1 N–H and O–H groups in total. The van der Waals surface area contributed by atoms with Crippen LogP contribution in [0.3, 0.4) is 0 Å². The molecule has 1 amide bonds. The van der Waals surface area contributed by atoms with E-state index in [2.05, 4.69) is 10.4 Å². The van der Waals surface area contributed by atoms with Crippen LogP contribution in [0.15, 0.2) is 18.2 Å². The van der Waals surface area contributed by atoms with Crippen LogP contribution in [0.4, 0.5) is 4.39 Å². The highest BCUT2D eigenvalue weighted by Gasteiger charge is 2.10. The SMILES string of the molecule is Cc1cc(-c2cc(C)n(CCNC=O)n2)cc(C)c1F. The van der Waals surface area contributed by atoms with Crippen LogP contribution in [0, 0.1) is 26.6 Å². The topological polar surface area (TPSA) is 46.9 Å². The Bertz CT molecular complexity index is 611. The summed E-state index contributed by atoms with van der Waals surface area (Å²) in [6.07, 6.45) is 0.673. The number of halogens is 1. The van der Waals surface area contributed by atoms with Gasteiger partial charge in [0.15, 0.2) is 0 Å². The van der Waals surface area contributed by atoms with Crippen molar-refractivity contribution < 1.29 is 9.18 Å². The fourth-order valence-electron chi connectivity index (χ4n) is 2.20. The molecule has 2 rings (SSSR count). The Morgan fingerprint density at radius 3 is 2.50 bits per heavy atom. The summed E-state index contributed by atoms with van der Waals surface area (Å²) < 4.78 is 15.5. The number of nitrogens with zero attached hydrogens (tertiary/aromatic N) is 2. The van der Waals surface area contributed by atoms with Gasteiger partial charge in [-0.1, -0.05) is 0 Å². The van der Waals surface area contributed by atoms with Gasteiger partial charge in [0.1, 0.15) is 5.82 Å². The quantitative estimate of drug-likeness (QED) is 0.672.